The van der Waals surface area contributed by atoms with Crippen LogP contribution >= 0.6 is 15.9 Å². The van der Waals surface area contributed by atoms with Crippen molar-refractivity contribution >= 4 is 50.8 Å². The molecule has 2 aromatic rings. The summed E-state index contributed by atoms with van der Waals surface area (Å²) < 4.78 is 11.3. The molecule has 0 radical (unpaired) electrons. The van der Waals surface area contributed by atoms with Gasteiger partial charge >= 0.3 is 5.97 Å². The molecule has 2 amide bonds. The fraction of sp³-hybridized carbons (Fsp3) is 0.238. The fourth-order valence-corrected chi connectivity index (χ4v) is 3.91. The van der Waals surface area contributed by atoms with E-state index in [9.17, 15) is 14.4 Å². The van der Waals surface area contributed by atoms with Crippen LogP contribution in [-0.2, 0) is 19.1 Å². The summed E-state index contributed by atoms with van der Waals surface area (Å²) >= 11 is 3.37. The average Bonchev–Trinajstić information content (AvgIpc) is 3.26. The molecule has 0 N–H and O–H groups in total. The smallest absolute Gasteiger partial charge is 0.355 e. The van der Waals surface area contributed by atoms with E-state index in [-0.39, 0.29) is 12.3 Å². The second-order valence-corrected chi connectivity index (χ2v) is 7.55. The molecule has 9 heteroatoms. The van der Waals surface area contributed by atoms with Gasteiger partial charge in [-0.3, -0.25) is 14.6 Å². The number of hydrogen-bond donors (Lipinski definition) is 0. The Kier molecular flexibility index (Phi) is 5.29. The summed E-state index contributed by atoms with van der Waals surface area (Å²) in [5.41, 5.74) is 0.819. The van der Waals surface area contributed by atoms with Crippen LogP contribution in [0.4, 0.5) is 11.4 Å². The topological polar surface area (TPSA) is 88.5 Å². The lowest BCUT2D eigenvalue weighted by molar-refractivity contribution is -0.136. The van der Waals surface area contributed by atoms with E-state index in [1.165, 1.54) is 12.1 Å². The number of amides is 2. The van der Waals surface area contributed by atoms with Crippen molar-refractivity contribution in [2.45, 2.75) is 13.0 Å². The van der Waals surface area contributed by atoms with E-state index >= 15 is 0 Å². The van der Waals surface area contributed by atoms with Gasteiger partial charge in [0.05, 0.1) is 25.1 Å². The number of nitrogens with zero attached hydrogens (tertiary/aromatic N) is 3. The summed E-state index contributed by atoms with van der Waals surface area (Å²) in [5.74, 6) is -2.43. The number of benzene rings is 2. The highest BCUT2D eigenvalue weighted by Gasteiger charge is 2.59. The first-order valence-electron chi connectivity index (χ1n) is 9.29. The number of carbonyl (C=O) groups is 3. The Morgan fingerprint density at radius 3 is 2.47 bits per heavy atom. The maximum Gasteiger partial charge on any atom is 0.355 e. The van der Waals surface area contributed by atoms with Crippen LogP contribution in [0, 0.1) is 5.92 Å². The van der Waals surface area contributed by atoms with Crippen molar-refractivity contribution in [2.24, 2.45) is 11.0 Å². The molecule has 0 aliphatic carbocycles. The molecule has 2 atom stereocenters. The van der Waals surface area contributed by atoms with Gasteiger partial charge in [0.2, 0.25) is 5.91 Å². The van der Waals surface area contributed by atoms with Crippen molar-refractivity contribution in [1.82, 2.24) is 0 Å². The molecule has 4 rings (SSSR count). The third kappa shape index (κ3) is 3.15. The van der Waals surface area contributed by atoms with Crippen LogP contribution in [0.2, 0.25) is 0 Å². The molecule has 0 spiro atoms. The van der Waals surface area contributed by atoms with E-state index in [4.69, 9.17) is 9.47 Å². The van der Waals surface area contributed by atoms with Gasteiger partial charge in [0.1, 0.15) is 17.7 Å². The number of halogens is 1. The molecule has 30 heavy (non-hydrogen) atoms. The summed E-state index contributed by atoms with van der Waals surface area (Å²) in [5, 5.41) is 5.74. The van der Waals surface area contributed by atoms with Gasteiger partial charge in [-0.2, -0.15) is 5.10 Å². The van der Waals surface area contributed by atoms with Crippen LogP contribution in [0.15, 0.2) is 58.1 Å². The first-order valence-corrected chi connectivity index (χ1v) is 10.1. The highest BCUT2D eigenvalue weighted by atomic mass is 79.9. The van der Waals surface area contributed by atoms with Crippen molar-refractivity contribution in [2.75, 3.05) is 23.6 Å². The number of ether oxygens (including phenoxy) is 2. The van der Waals surface area contributed by atoms with Gasteiger partial charge in [0.15, 0.2) is 5.71 Å². The highest BCUT2D eigenvalue weighted by Crippen LogP contribution is 2.40. The summed E-state index contributed by atoms with van der Waals surface area (Å²) in [4.78, 5) is 40.4. The molecule has 1 fully saturated rings. The molecule has 8 nitrogen and oxygen atoms in total. The Balaban J connectivity index is 1.81. The number of hydrogen-bond acceptors (Lipinski definition) is 7. The Morgan fingerprint density at radius 2 is 1.80 bits per heavy atom. The van der Waals surface area contributed by atoms with Crippen LogP contribution < -0.4 is 14.6 Å². The van der Waals surface area contributed by atoms with Gasteiger partial charge in [-0.05, 0) is 43.3 Å². The second-order valence-electron chi connectivity index (χ2n) is 6.63. The predicted octanol–water partition coefficient (Wildman–Crippen LogP) is 2.76. The molecule has 2 heterocycles. The zero-order chi connectivity index (χ0) is 21.4. The molecule has 2 aromatic carbocycles. The number of anilines is 2. The number of rotatable bonds is 5. The summed E-state index contributed by atoms with van der Waals surface area (Å²) in [6.07, 6.45) is 0. The Bertz CT molecular complexity index is 1050. The minimum absolute atomic E-state index is 0.0829. The number of methoxy groups -OCH3 is 1. The first kappa shape index (κ1) is 20.1. The lowest BCUT2D eigenvalue weighted by Gasteiger charge is -2.22. The van der Waals surface area contributed by atoms with E-state index in [0.29, 0.717) is 17.1 Å². The largest absolute Gasteiger partial charge is 0.495 e. The molecule has 0 bridgehead atoms. The maximum absolute atomic E-state index is 13.4. The first-order chi connectivity index (χ1) is 14.5. The number of fused-ring (bicyclic) bond motifs is 1. The molecule has 1 saturated heterocycles. The number of esters is 1. The molecular weight excluding hydrogens is 454 g/mol. The normalized spacial score (nSPS) is 20.3. The van der Waals surface area contributed by atoms with Crippen LogP contribution in [0.5, 0.6) is 5.75 Å². The number of hydrazone groups is 1. The predicted molar refractivity (Wildman–Crippen MR) is 113 cm³/mol. The Morgan fingerprint density at radius 1 is 1.10 bits per heavy atom. The van der Waals surface area contributed by atoms with Crippen LogP contribution in [0.25, 0.3) is 0 Å². The SMILES string of the molecule is CCOC(=O)C1=NN(c2ccc(Br)cc2)C2C(=O)N(c3ccccc3OC)C(=O)C12. The van der Waals surface area contributed by atoms with E-state index in [2.05, 4.69) is 21.0 Å². The van der Waals surface area contributed by atoms with Gasteiger partial charge in [-0.15, -0.1) is 0 Å². The summed E-state index contributed by atoms with van der Waals surface area (Å²) in [6.45, 7) is 1.80. The zero-order valence-electron chi connectivity index (χ0n) is 16.2. The van der Waals surface area contributed by atoms with Crippen molar-refractivity contribution in [3.05, 3.63) is 53.0 Å². The van der Waals surface area contributed by atoms with E-state index < -0.39 is 29.7 Å². The molecular formula is C21H18BrN3O5. The maximum atomic E-state index is 13.4. The van der Waals surface area contributed by atoms with Crippen molar-refractivity contribution in [3.63, 3.8) is 0 Å². The third-order valence-electron chi connectivity index (χ3n) is 4.95. The van der Waals surface area contributed by atoms with E-state index in [1.807, 2.05) is 0 Å². The van der Waals surface area contributed by atoms with Gasteiger partial charge < -0.3 is 9.47 Å². The summed E-state index contributed by atoms with van der Waals surface area (Å²) in [7, 11) is 1.46. The van der Waals surface area contributed by atoms with Gasteiger partial charge in [0, 0.05) is 4.47 Å². The molecule has 0 aromatic heterocycles. The number of carbonyl (C=O) groups excluding carboxylic acids is 3. The lowest BCUT2D eigenvalue weighted by atomic mass is 9.98. The Labute approximate surface area is 181 Å². The van der Waals surface area contributed by atoms with Crippen LogP contribution in [0.3, 0.4) is 0 Å². The molecule has 2 unspecified atom stereocenters. The third-order valence-corrected chi connectivity index (χ3v) is 5.48. The Hall–Kier alpha value is -3.20. The van der Waals surface area contributed by atoms with Crippen LogP contribution in [-0.4, -0.2) is 43.3 Å². The number of imide groups is 1. The van der Waals surface area contributed by atoms with Gasteiger partial charge in [0.25, 0.3) is 5.91 Å². The molecule has 2 aliphatic heterocycles. The van der Waals surface area contributed by atoms with E-state index in [0.717, 1.165) is 9.37 Å². The summed E-state index contributed by atoms with van der Waals surface area (Å²) in [6, 6.07) is 12.8. The highest BCUT2D eigenvalue weighted by molar-refractivity contribution is 9.10. The van der Waals surface area contributed by atoms with Crippen molar-refractivity contribution < 1.29 is 23.9 Å². The molecule has 154 valence electrons. The zero-order valence-corrected chi connectivity index (χ0v) is 17.8. The quantitative estimate of drug-likeness (QED) is 0.492. The molecule has 2 aliphatic rings. The monoisotopic (exact) mass is 471 g/mol. The lowest BCUT2D eigenvalue weighted by Crippen LogP contribution is -2.39. The van der Waals surface area contributed by atoms with E-state index in [1.54, 1.807) is 55.5 Å². The molecule has 0 saturated carbocycles. The standard InChI is InChI=1S/C21H18BrN3O5/c1-3-30-21(28)17-16-18(25(23-17)13-10-8-12(22)9-11-13)20(27)24(19(16)26)14-6-4-5-7-15(14)29-2/h4-11,16,18H,3H2,1-2H3. The van der Waals surface area contributed by atoms with Crippen molar-refractivity contribution in [1.29, 1.82) is 0 Å². The second kappa shape index (κ2) is 7.91. The fourth-order valence-electron chi connectivity index (χ4n) is 3.65. The minimum Gasteiger partial charge on any atom is -0.495 e. The van der Waals surface area contributed by atoms with Gasteiger partial charge in [-0.1, -0.05) is 28.1 Å². The van der Waals surface area contributed by atoms with Gasteiger partial charge in [-0.25, -0.2) is 9.69 Å². The van der Waals surface area contributed by atoms with Crippen molar-refractivity contribution in [3.8, 4) is 5.75 Å². The average molecular weight is 472 g/mol. The minimum atomic E-state index is -1.06. The van der Waals surface area contributed by atoms with Crippen LogP contribution in [0.1, 0.15) is 6.92 Å². The number of para-hydroxylation sites is 2.